The molecule has 8 rings (SSSR count). The summed E-state index contributed by atoms with van der Waals surface area (Å²) in [4.78, 5) is 4.46. The molecular weight excluding hydrogens is 523 g/mol. The van der Waals surface area contributed by atoms with Crippen molar-refractivity contribution in [3.8, 4) is 28.7 Å². The van der Waals surface area contributed by atoms with Crippen molar-refractivity contribution in [3.63, 3.8) is 0 Å². The molecule has 0 radical (unpaired) electrons. The summed E-state index contributed by atoms with van der Waals surface area (Å²) in [6.45, 7) is 0. The lowest BCUT2D eigenvalue weighted by atomic mass is 10.1. The number of rotatable bonds is 5. The van der Waals surface area contributed by atoms with Gasteiger partial charge in [-0.25, -0.2) is 9.37 Å². The summed E-state index contributed by atoms with van der Waals surface area (Å²) in [5.41, 5.74) is 5.89. The molecule has 0 amide bonds. The zero-order valence-electron chi connectivity index (χ0n) is 22.4. The Labute approximate surface area is 240 Å². The summed E-state index contributed by atoms with van der Waals surface area (Å²) in [5, 5.41) is 2.10. The van der Waals surface area contributed by atoms with Gasteiger partial charge in [-0.05, 0) is 54.6 Å². The van der Waals surface area contributed by atoms with Crippen molar-refractivity contribution in [2.24, 2.45) is 0 Å². The van der Waals surface area contributed by atoms with Gasteiger partial charge in [0.05, 0.1) is 33.4 Å². The first-order valence-corrected chi connectivity index (χ1v) is 13.7. The average molecular weight is 547 g/mol. The molecule has 42 heavy (non-hydrogen) atoms. The largest absolute Gasteiger partial charge is 0.458 e. The molecule has 6 heteroatoms. The van der Waals surface area contributed by atoms with Crippen LogP contribution in [0.4, 0.5) is 4.39 Å². The first kappa shape index (κ1) is 24.1. The molecule has 0 spiro atoms. The van der Waals surface area contributed by atoms with E-state index in [-0.39, 0.29) is 5.82 Å². The summed E-state index contributed by atoms with van der Waals surface area (Å²) in [7, 11) is 0. The predicted octanol–water partition coefficient (Wildman–Crippen LogP) is 8.13. The van der Waals surface area contributed by atoms with E-state index in [1.54, 1.807) is 0 Å². The lowest BCUT2D eigenvalue weighted by Crippen LogP contribution is -2.29. The zero-order valence-corrected chi connectivity index (χ0v) is 22.4. The maximum Gasteiger partial charge on any atom is 0.269 e. The summed E-state index contributed by atoms with van der Waals surface area (Å²) in [6, 6.07) is 43.3. The van der Waals surface area contributed by atoms with E-state index < -0.39 is 0 Å². The minimum atomic E-state index is -0.335. The Morgan fingerprint density at radius 3 is 2.29 bits per heavy atom. The van der Waals surface area contributed by atoms with E-state index in [2.05, 4.69) is 46.2 Å². The minimum Gasteiger partial charge on any atom is -0.458 e. The molecular formula is C36H23FN4O. The van der Waals surface area contributed by atoms with Gasteiger partial charge >= 0.3 is 0 Å². The molecule has 0 aliphatic heterocycles. The molecule has 0 saturated carbocycles. The summed E-state index contributed by atoms with van der Waals surface area (Å²) in [6.07, 6.45) is 5.01. The van der Waals surface area contributed by atoms with E-state index in [1.807, 2.05) is 100 Å². The topological polar surface area (TPSA) is 35.9 Å². The van der Waals surface area contributed by atoms with Gasteiger partial charge in [0.25, 0.3) is 6.33 Å². The molecule has 0 fully saturated rings. The highest BCUT2D eigenvalue weighted by atomic mass is 19.1. The molecule has 0 N–H and O–H groups in total. The number of hydrogen-bond donors (Lipinski definition) is 0. The van der Waals surface area contributed by atoms with Gasteiger partial charge in [0.2, 0.25) is 0 Å². The number of ether oxygens (including phenoxy) is 1. The van der Waals surface area contributed by atoms with Crippen molar-refractivity contribution in [1.29, 1.82) is 0 Å². The van der Waals surface area contributed by atoms with Crippen LogP contribution in [0.25, 0.3) is 50.0 Å². The smallest absolute Gasteiger partial charge is 0.269 e. The third-order valence-corrected chi connectivity index (χ3v) is 7.47. The van der Waals surface area contributed by atoms with E-state index in [0.29, 0.717) is 17.3 Å². The van der Waals surface area contributed by atoms with E-state index in [1.165, 1.54) is 18.3 Å². The van der Waals surface area contributed by atoms with E-state index >= 15 is 0 Å². The number of pyridine rings is 1. The number of hydrogen-bond acceptors (Lipinski definition) is 2. The quantitative estimate of drug-likeness (QED) is 0.161. The third kappa shape index (κ3) is 4.00. The molecule has 0 aliphatic rings. The number of nitrogens with zero attached hydrogens (tertiary/aromatic N) is 4. The summed E-state index contributed by atoms with van der Waals surface area (Å²) >= 11 is 0. The van der Waals surface area contributed by atoms with Crippen LogP contribution in [0.15, 0.2) is 140 Å². The van der Waals surface area contributed by atoms with Crippen LogP contribution in [0.2, 0.25) is 0 Å². The number of fused-ring (bicyclic) bond motifs is 4. The van der Waals surface area contributed by atoms with Gasteiger partial charge < -0.3 is 4.74 Å². The van der Waals surface area contributed by atoms with Crippen LogP contribution in [-0.2, 0) is 0 Å². The molecule has 200 valence electrons. The molecule has 0 aliphatic carbocycles. The highest BCUT2D eigenvalue weighted by molar-refractivity contribution is 6.09. The normalized spacial score (nSPS) is 11.5. The van der Waals surface area contributed by atoms with Crippen molar-refractivity contribution in [2.75, 3.05) is 0 Å². The van der Waals surface area contributed by atoms with Gasteiger partial charge in [-0.1, -0.05) is 66.7 Å². The average Bonchev–Trinajstić information content (AvgIpc) is 3.58. The van der Waals surface area contributed by atoms with E-state index in [9.17, 15) is 4.39 Å². The van der Waals surface area contributed by atoms with E-state index in [0.717, 1.165) is 44.2 Å². The lowest BCUT2D eigenvalue weighted by Gasteiger charge is -2.10. The number of para-hydroxylation sites is 4. The third-order valence-electron chi connectivity index (χ3n) is 7.47. The lowest BCUT2D eigenvalue weighted by molar-refractivity contribution is -0.572. The highest BCUT2D eigenvalue weighted by Gasteiger charge is 2.15. The van der Waals surface area contributed by atoms with Crippen LogP contribution < -0.4 is 9.30 Å². The fourth-order valence-electron chi connectivity index (χ4n) is 5.62. The van der Waals surface area contributed by atoms with Crippen LogP contribution in [0.3, 0.4) is 0 Å². The number of benzene rings is 5. The van der Waals surface area contributed by atoms with Crippen LogP contribution >= 0.6 is 0 Å². The zero-order chi connectivity index (χ0) is 28.0. The molecule has 3 aromatic heterocycles. The van der Waals surface area contributed by atoms with E-state index in [4.69, 9.17) is 4.74 Å². The summed E-state index contributed by atoms with van der Waals surface area (Å²) in [5.74, 6) is 1.54. The van der Waals surface area contributed by atoms with Gasteiger partial charge in [-0.15, -0.1) is 0 Å². The van der Waals surface area contributed by atoms with Gasteiger partial charge in [-0.2, -0.15) is 0 Å². The van der Waals surface area contributed by atoms with Gasteiger partial charge in [0.1, 0.15) is 23.1 Å². The Balaban J connectivity index is 1.22. The van der Waals surface area contributed by atoms with Gasteiger partial charge in [0.15, 0.2) is 0 Å². The minimum absolute atomic E-state index is 0.335. The first-order chi connectivity index (χ1) is 20.7. The van der Waals surface area contributed by atoms with Crippen molar-refractivity contribution >= 4 is 32.8 Å². The van der Waals surface area contributed by atoms with Crippen LogP contribution in [0.1, 0.15) is 0 Å². The standard InChI is InChI=1S/C36H23FN4O/c37-25-19-20-38-36(21-25)41-32-14-5-4-13-30(32)31-18-17-29(23-35(31)41)42-28-12-8-11-27(22-28)40-24-39(26-9-2-1-3-10-26)33-15-6-7-16-34(33)40/h1-23H. The second-order valence-corrected chi connectivity index (χ2v) is 10.1. The molecule has 0 unspecified atom stereocenters. The molecule has 5 nitrogen and oxygen atoms in total. The number of halogens is 1. The fraction of sp³-hybridized carbons (Fsp3) is 0. The molecule has 0 atom stereocenters. The van der Waals surface area contributed by atoms with Crippen molar-refractivity contribution < 1.29 is 13.7 Å². The SMILES string of the molecule is Fc1ccnc(-n2c3ccccc3c3ccc(Oc4cccc(-n5[c-][n+](-c6ccccc6)c6ccccc65)c4)cc32)c1. The van der Waals surface area contributed by atoms with Crippen molar-refractivity contribution in [3.05, 3.63) is 152 Å². The number of aromatic nitrogens is 4. The fourth-order valence-corrected chi connectivity index (χ4v) is 5.62. The Kier molecular flexibility index (Phi) is 5.57. The second-order valence-electron chi connectivity index (χ2n) is 10.1. The predicted molar refractivity (Wildman–Crippen MR) is 162 cm³/mol. The van der Waals surface area contributed by atoms with Crippen LogP contribution in [0, 0.1) is 12.1 Å². The van der Waals surface area contributed by atoms with Gasteiger partial charge in [0, 0.05) is 29.1 Å². The Morgan fingerprint density at radius 1 is 0.643 bits per heavy atom. The van der Waals surface area contributed by atoms with Gasteiger partial charge in [-0.3, -0.25) is 13.7 Å². The maximum atomic E-state index is 14.2. The van der Waals surface area contributed by atoms with Crippen LogP contribution in [0.5, 0.6) is 11.5 Å². The molecule has 3 heterocycles. The number of imidazole rings is 1. The molecule has 0 saturated heterocycles. The Hall–Kier alpha value is -5.75. The Bertz CT molecular complexity index is 2250. The molecule has 8 aromatic rings. The Morgan fingerprint density at radius 2 is 1.40 bits per heavy atom. The summed E-state index contributed by atoms with van der Waals surface area (Å²) < 4.78 is 26.7. The van der Waals surface area contributed by atoms with Crippen molar-refractivity contribution in [2.45, 2.75) is 0 Å². The molecule has 0 bridgehead atoms. The first-order valence-electron chi connectivity index (χ1n) is 13.7. The maximum absolute atomic E-state index is 14.2. The second kappa shape index (κ2) is 9.71. The highest BCUT2D eigenvalue weighted by Crippen LogP contribution is 2.35. The van der Waals surface area contributed by atoms with Crippen molar-refractivity contribution in [1.82, 2.24) is 14.1 Å². The molecule has 5 aromatic carbocycles. The van der Waals surface area contributed by atoms with Crippen LogP contribution in [-0.4, -0.2) is 14.1 Å². The monoisotopic (exact) mass is 546 g/mol.